The Morgan fingerprint density at radius 2 is 2.04 bits per heavy atom. The predicted octanol–water partition coefficient (Wildman–Crippen LogP) is 3.21. The first-order valence-corrected chi connectivity index (χ1v) is 9.58. The lowest BCUT2D eigenvalue weighted by Gasteiger charge is -2.23. The van der Waals surface area contributed by atoms with Gasteiger partial charge < -0.3 is 10.4 Å². The molecule has 5 nitrogen and oxygen atoms in total. The van der Waals surface area contributed by atoms with Crippen LogP contribution in [0.1, 0.15) is 35.8 Å². The van der Waals surface area contributed by atoms with Crippen LogP contribution in [0.4, 0.5) is 5.00 Å². The number of nitrogens with one attached hydrogen (secondary N) is 1. The number of fused-ring (bicyclic) bond motifs is 3. The Kier molecular flexibility index (Phi) is 3.92. The Balaban J connectivity index is 1.61. The molecular weight excluding hydrogens is 336 g/mol. The lowest BCUT2D eigenvalue weighted by molar-refractivity contribution is -0.146. The van der Waals surface area contributed by atoms with Crippen LogP contribution in [0.25, 0.3) is 0 Å². The fourth-order valence-electron chi connectivity index (χ4n) is 4.67. The normalized spacial score (nSPS) is 32.2. The third-order valence-corrected chi connectivity index (χ3v) is 7.08. The summed E-state index contributed by atoms with van der Waals surface area (Å²) in [5.41, 5.74) is 1.65. The maximum atomic E-state index is 12.9. The second-order valence-corrected chi connectivity index (χ2v) is 8.60. The van der Waals surface area contributed by atoms with Crippen molar-refractivity contribution in [3.05, 3.63) is 28.2 Å². The number of hydrogen-bond acceptors (Lipinski definition) is 4. The minimum atomic E-state index is -0.906. The number of amides is 1. The Morgan fingerprint density at radius 3 is 2.72 bits per heavy atom. The lowest BCUT2D eigenvalue weighted by Crippen LogP contribution is -2.36. The van der Waals surface area contributed by atoms with Crippen LogP contribution in [0.15, 0.2) is 12.2 Å². The third-order valence-electron chi connectivity index (χ3n) is 5.91. The van der Waals surface area contributed by atoms with E-state index in [0.29, 0.717) is 16.5 Å². The predicted molar refractivity (Wildman–Crippen MR) is 94.2 cm³/mol. The van der Waals surface area contributed by atoms with Crippen molar-refractivity contribution in [2.24, 2.45) is 29.6 Å². The van der Waals surface area contributed by atoms with Crippen LogP contribution in [-0.2, 0) is 22.4 Å². The molecule has 0 aromatic carbocycles. The summed E-state index contributed by atoms with van der Waals surface area (Å²) < 4.78 is 0. The van der Waals surface area contributed by atoms with E-state index in [1.807, 2.05) is 12.2 Å². The van der Waals surface area contributed by atoms with Gasteiger partial charge >= 0.3 is 5.97 Å². The van der Waals surface area contributed by atoms with Crippen molar-refractivity contribution >= 4 is 28.2 Å². The molecule has 4 rings (SSSR count). The summed E-state index contributed by atoms with van der Waals surface area (Å²) in [5.74, 6) is -1.83. The molecular formula is C19H20N2O3S. The SMILES string of the molecule is CC1CCc2c(sc(NC(=O)[C@@H]3[C@H](C(=O)O)[C@@H]4C=C[C@H]3C4)c2C#N)C1. The number of carbonyl (C=O) groups excluding carboxylic acids is 1. The summed E-state index contributed by atoms with van der Waals surface area (Å²) in [6, 6.07) is 2.25. The van der Waals surface area contributed by atoms with Crippen LogP contribution >= 0.6 is 11.3 Å². The van der Waals surface area contributed by atoms with Gasteiger partial charge in [0.1, 0.15) is 11.1 Å². The van der Waals surface area contributed by atoms with Gasteiger partial charge in [0.2, 0.25) is 5.91 Å². The van der Waals surface area contributed by atoms with Crippen LogP contribution in [0, 0.1) is 40.9 Å². The Bertz CT molecular complexity index is 819. The minimum absolute atomic E-state index is 0.00811. The topological polar surface area (TPSA) is 90.2 Å². The van der Waals surface area contributed by atoms with Crippen LogP contribution in [0.2, 0.25) is 0 Å². The van der Waals surface area contributed by atoms with Gasteiger partial charge in [-0.3, -0.25) is 9.59 Å². The number of nitriles is 1. The quantitative estimate of drug-likeness (QED) is 0.814. The van der Waals surface area contributed by atoms with Crippen molar-refractivity contribution in [1.29, 1.82) is 5.26 Å². The van der Waals surface area contributed by atoms with E-state index in [9.17, 15) is 20.0 Å². The van der Waals surface area contributed by atoms with Crippen molar-refractivity contribution in [1.82, 2.24) is 0 Å². The Labute approximate surface area is 150 Å². The zero-order valence-corrected chi connectivity index (χ0v) is 14.8. The largest absolute Gasteiger partial charge is 0.481 e. The highest BCUT2D eigenvalue weighted by molar-refractivity contribution is 7.16. The molecule has 3 aliphatic carbocycles. The molecule has 3 aliphatic rings. The molecule has 1 aromatic heterocycles. The minimum Gasteiger partial charge on any atom is -0.481 e. The molecule has 1 fully saturated rings. The van der Waals surface area contributed by atoms with E-state index in [-0.39, 0.29) is 17.7 Å². The van der Waals surface area contributed by atoms with Gasteiger partial charge in [-0.1, -0.05) is 19.1 Å². The maximum absolute atomic E-state index is 12.9. The number of carboxylic acids is 1. The zero-order valence-electron chi connectivity index (χ0n) is 14.0. The molecule has 0 spiro atoms. The van der Waals surface area contributed by atoms with Gasteiger partial charge in [-0.05, 0) is 49.0 Å². The first kappa shape index (κ1) is 16.3. The van der Waals surface area contributed by atoms with Gasteiger partial charge in [-0.15, -0.1) is 11.3 Å². The number of thiophene rings is 1. The number of anilines is 1. The number of nitrogens with zero attached hydrogens (tertiary/aromatic N) is 1. The van der Waals surface area contributed by atoms with E-state index in [0.717, 1.165) is 31.2 Å². The highest BCUT2D eigenvalue weighted by Gasteiger charge is 2.51. The van der Waals surface area contributed by atoms with Crippen molar-refractivity contribution in [3.63, 3.8) is 0 Å². The molecule has 5 atom stereocenters. The van der Waals surface area contributed by atoms with E-state index in [1.54, 1.807) is 0 Å². The van der Waals surface area contributed by atoms with Gasteiger partial charge in [0.15, 0.2) is 0 Å². The average Bonchev–Trinajstić information content (AvgIpc) is 3.25. The van der Waals surface area contributed by atoms with E-state index >= 15 is 0 Å². The molecule has 1 heterocycles. The van der Waals surface area contributed by atoms with Gasteiger partial charge in [0.05, 0.1) is 17.4 Å². The third kappa shape index (κ3) is 2.58. The molecule has 0 radical (unpaired) electrons. The average molecular weight is 356 g/mol. The summed E-state index contributed by atoms with van der Waals surface area (Å²) in [5, 5.41) is 22.6. The van der Waals surface area contributed by atoms with E-state index in [4.69, 9.17) is 0 Å². The van der Waals surface area contributed by atoms with Crippen LogP contribution in [-0.4, -0.2) is 17.0 Å². The van der Waals surface area contributed by atoms with Crippen molar-refractivity contribution < 1.29 is 14.7 Å². The van der Waals surface area contributed by atoms with Gasteiger partial charge in [-0.25, -0.2) is 0 Å². The number of allylic oxidation sites excluding steroid dienone is 2. The molecule has 1 aromatic rings. The second-order valence-electron chi connectivity index (χ2n) is 7.50. The monoisotopic (exact) mass is 356 g/mol. The molecule has 0 saturated heterocycles. The maximum Gasteiger partial charge on any atom is 0.307 e. The Morgan fingerprint density at radius 1 is 1.32 bits per heavy atom. The number of carbonyl (C=O) groups is 2. The molecule has 6 heteroatoms. The van der Waals surface area contributed by atoms with Gasteiger partial charge in [-0.2, -0.15) is 5.26 Å². The highest BCUT2D eigenvalue weighted by atomic mass is 32.1. The molecule has 1 saturated carbocycles. The molecule has 1 amide bonds. The lowest BCUT2D eigenvalue weighted by atomic mass is 9.82. The van der Waals surface area contributed by atoms with Crippen molar-refractivity contribution in [2.75, 3.05) is 5.32 Å². The van der Waals surface area contributed by atoms with Gasteiger partial charge in [0, 0.05) is 4.88 Å². The molecule has 1 unspecified atom stereocenters. The van der Waals surface area contributed by atoms with Crippen molar-refractivity contribution in [3.8, 4) is 6.07 Å². The smallest absolute Gasteiger partial charge is 0.307 e. The van der Waals surface area contributed by atoms with Crippen LogP contribution in [0.3, 0.4) is 0 Å². The first-order chi connectivity index (χ1) is 12.0. The van der Waals surface area contributed by atoms with E-state index in [2.05, 4.69) is 18.3 Å². The highest BCUT2D eigenvalue weighted by Crippen LogP contribution is 2.49. The van der Waals surface area contributed by atoms with E-state index < -0.39 is 17.8 Å². The molecule has 2 N–H and O–H groups in total. The molecule has 0 aliphatic heterocycles. The van der Waals surface area contributed by atoms with Gasteiger partial charge in [0.25, 0.3) is 0 Å². The van der Waals surface area contributed by atoms with E-state index in [1.165, 1.54) is 16.2 Å². The fraction of sp³-hybridized carbons (Fsp3) is 0.526. The fourth-order valence-corrected chi connectivity index (χ4v) is 6.03. The van der Waals surface area contributed by atoms with Crippen LogP contribution < -0.4 is 5.32 Å². The summed E-state index contributed by atoms with van der Waals surface area (Å²) in [7, 11) is 0. The second kappa shape index (κ2) is 5.99. The summed E-state index contributed by atoms with van der Waals surface area (Å²) in [4.78, 5) is 25.7. The summed E-state index contributed by atoms with van der Waals surface area (Å²) >= 11 is 1.49. The summed E-state index contributed by atoms with van der Waals surface area (Å²) in [6.07, 6.45) is 7.52. The molecule has 130 valence electrons. The number of aliphatic carboxylic acids is 1. The standard InChI is InChI=1S/C19H20N2O3S/c1-9-2-5-12-13(8-20)18(25-14(12)6-9)21-17(22)15-10-3-4-11(7-10)16(15)19(23)24/h3-4,9-11,15-16H,2,5-7H2,1H3,(H,21,22)(H,23,24)/t9?,10-,11+,15-,16+/m0/s1. The summed E-state index contributed by atoms with van der Waals surface area (Å²) in [6.45, 7) is 2.20. The Hall–Kier alpha value is -2.13. The van der Waals surface area contributed by atoms with Crippen LogP contribution in [0.5, 0.6) is 0 Å². The molecule has 2 bridgehead atoms. The van der Waals surface area contributed by atoms with Crippen molar-refractivity contribution in [2.45, 2.75) is 32.6 Å². The number of carboxylic acid groups (broad SMARTS) is 1. The zero-order chi connectivity index (χ0) is 17.7. The number of hydrogen-bond donors (Lipinski definition) is 2. The first-order valence-electron chi connectivity index (χ1n) is 8.76. The number of rotatable bonds is 3. The molecule has 25 heavy (non-hydrogen) atoms.